The molecular formula is C20H20ClN7O3. The number of halogens is 1. The molecule has 4 heterocycles. The number of aromatic amines is 2. The highest BCUT2D eigenvalue weighted by atomic mass is 35.5. The molecule has 4 aromatic rings. The Morgan fingerprint density at radius 3 is 2.77 bits per heavy atom. The molecule has 5 rings (SSSR count). The first-order valence-electron chi connectivity index (χ1n) is 10.2. The van der Waals surface area contributed by atoms with Gasteiger partial charge in [0.05, 0.1) is 16.9 Å². The SMILES string of the molecule is CC1CCC(Cn2cnc3nc(-c4noc(=O)[nH]4)nc(-c4cc(Cl)c[nH]c4=O)c32)CC1. The molecule has 0 spiro atoms. The van der Waals surface area contributed by atoms with Crippen LogP contribution in [-0.2, 0) is 6.54 Å². The van der Waals surface area contributed by atoms with Gasteiger partial charge in [0.15, 0.2) is 5.65 Å². The first kappa shape index (κ1) is 19.7. The van der Waals surface area contributed by atoms with E-state index in [1.807, 2.05) is 4.57 Å². The van der Waals surface area contributed by atoms with Crippen molar-refractivity contribution in [2.75, 3.05) is 0 Å². The highest BCUT2D eigenvalue weighted by molar-refractivity contribution is 6.30. The molecule has 0 atom stereocenters. The smallest absolute Gasteiger partial charge is 0.327 e. The van der Waals surface area contributed by atoms with Gasteiger partial charge in [0.25, 0.3) is 5.56 Å². The van der Waals surface area contributed by atoms with E-state index < -0.39 is 5.76 Å². The zero-order chi connectivity index (χ0) is 21.5. The maximum absolute atomic E-state index is 12.6. The van der Waals surface area contributed by atoms with Crippen molar-refractivity contribution in [2.24, 2.45) is 11.8 Å². The van der Waals surface area contributed by atoms with Gasteiger partial charge in [0.1, 0.15) is 11.2 Å². The van der Waals surface area contributed by atoms with E-state index in [4.69, 9.17) is 11.6 Å². The van der Waals surface area contributed by atoms with Crippen LogP contribution >= 0.6 is 11.6 Å². The fraction of sp³-hybridized carbons (Fsp3) is 0.400. The molecule has 1 saturated carbocycles. The summed E-state index contributed by atoms with van der Waals surface area (Å²) in [4.78, 5) is 42.5. The third-order valence-corrected chi connectivity index (χ3v) is 6.06. The minimum absolute atomic E-state index is 0.0578. The number of nitrogens with zero attached hydrogens (tertiary/aromatic N) is 5. The standard InChI is InChI=1S/C20H20ClN7O3/c1-10-2-4-11(5-3-10)8-28-9-23-16-15(28)14(13-6-12(21)7-22-19(13)29)24-17(25-16)18-26-20(30)31-27-18/h6-7,9-11H,2-5,8H2,1H3,(H,22,29)(H,26,27,30). The van der Waals surface area contributed by atoms with Crippen molar-refractivity contribution in [3.8, 4) is 22.9 Å². The molecule has 31 heavy (non-hydrogen) atoms. The van der Waals surface area contributed by atoms with Crippen LogP contribution in [0.3, 0.4) is 0 Å². The molecule has 2 N–H and O–H groups in total. The van der Waals surface area contributed by atoms with Gasteiger partial charge in [0.2, 0.25) is 11.6 Å². The van der Waals surface area contributed by atoms with Crippen molar-refractivity contribution in [1.29, 1.82) is 0 Å². The van der Waals surface area contributed by atoms with E-state index in [1.54, 1.807) is 12.4 Å². The molecule has 0 radical (unpaired) electrons. The van der Waals surface area contributed by atoms with Gasteiger partial charge in [-0.15, -0.1) is 0 Å². The maximum Gasteiger partial charge on any atom is 0.439 e. The molecule has 160 valence electrons. The lowest BCUT2D eigenvalue weighted by atomic mass is 9.83. The van der Waals surface area contributed by atoms with Gasteiger partial charge in [0, 0.05) is 12.7 Å². The van der Waals surface area contributed by atoms with Gasteiger partial charge >= 0.3 is 5.76 Å². The molecule has 1 fully saturated rings. The summed E-state index contributed by atoms with van der Waals surface area (Å²) >= 11 is 6.15. The predicted molar refractivity (Wildman–Crippen MR) is 114 cm³/mol. The second kappa shape index (κ2) is 7.77. The number of rotatable bonds is 4. The van der Waals surface area contributed by atoms with E-state index in [-0.39, 0.29) is 22.8 Å². The molecule has 0 saturated heterocycles. The molecule has 11 heteroatoms. The summed E-state index contributed by atoms with van der Waals surface area (Å²) in [5, 5.41) is 4.03. The average molecular weight is 442 g/mol. The van der Waals surface area contributed by atoms with Gasteiger partial charge in [-0.25, -0.2) is 19.7 Å². The molecule has 10 nitrogen and oxygen atoms in total. The van der Waals surface area contributed by atoms with Gasteiger partial charge in [-0.1, -0.05) is 36.5 Å². The Morgan fingerprint density at radius 2 is 2.03 bits per heavy atom. The fourth-order valence-corrected chi connectivity index (χ4v) is 4.32. The molecule has 1 aliphatic carbocycles. The molecule has 0 bridgehead atoms. The number of H-pyrrole nitrogens is 2. The number of hydrogen-bond donors (Lipinski definition) is 2. The second-order valence-corrected chi connectivity index (χ2v) is 8.53. The highest BCUT2D eigenvalue weighted by Crippen LogP contribution is 2.32. The van der Waals surface area contributed by atoms with Crippen LogP contribution in [0.25, 0.3) is 34.1 Å². The number of fused-ring (bicyclic) bond motifs is 1. The van der Waals surface area contributed by atoms with Gasteiger partial charge in [-0.3, -0.25) is 14.3 Å². The minimum Gasteiger partial charge on any atom is -0.327 e. The molecule has 0 unspecified atom stereocenters. The summed E-state index contributed by atoms with van der Waals surface area (Å²) in [6.07, 6.45) is 7.84. The van der Waals surface area contributed by atoms with Crippen molar-refractivity contribution >= 4 is 22.8 Å². The number of aromatic nitrogens is 7. The molecular weight excluding hydrogens is 422 g/mol. The van der Waals surface area contributed by atoms with Crippen LogP contribution in [-0.4, -0.2) is 34.6 Å². The largest absolute Gasteiger partial charge is 0.439 e. The van der Waals surface area contributed by atoms with Gasteiger partial charge < -0.3 is 9.55 Å². The lowest BCUT2D eigenvalue weighted by Crippen LogP contribution is -2.18. The van der Waals surface area contributed by atoms with Crippen LogP contribution in [0, 0.1) is 11.8 Å². The minimum atomic E-state index is -0.724. The monoisotopic (exact) mass is 441 g/mol. The van der Waals surface area contributed by atoms with E-state index >= 15 is 0 Å². The summed E-state index contributed by atoms with van der Waals surface area (Å²) in [6.45, 7) is 3.05. The lowest BCUT2D eigenvalue weighted by Gasteiger charge is -2.26. The summed E-state index contributed by atoms with van der Waals surface area (Å²) < 4.78 is 6.58. The lowest BCUT2D eigenvalue weighted by molar-refractivity contribution is 0.266. The third kappa shape index (κ3) is 3.78. The maximum atomic E-state index is 12.6. The number of pyridine rings is 1. The van der Waals surface area contributed by atoms with Crippen LogP contribution in [0.15, 0.2) is 32.7 Å². The Labute approximate surface area is 180 Å². The summed E-state index contributed by atoms with van der Waals surface area (Å²) in [5.41, 5.74) is 1.34. The van der Waals surface area contributed by atoms with Crippen LogP contribution in [0.2, 0.25) is 5.02 Å². The summed E-state index contributed by atoms with van der Waals surface area (Å²) in [7, 11) is 0. The van der Waals surface area contributed by atoms with Gasteiger partial charge in [-0.2, -0.15) is 0 Å². The van der Waals surface area contributed by atoms with Crippen molar-refractivity contribution in [3.05, 3.63) is 44.5 Å². The molecule has 0 amide bonds. The topological polar surface area (TPSA) is 135 Å². The van der Waals surface area contributed by atoms with Gasteiger partial charge in [-0.05, 0) is 30.7 Å². The molecule has 4 aromatic heterocycles. The zero-order valence-corrected chi connectivity index (χ0v) is 17.5. The van der Waals surface area contributed by atoms with Crippen LogP contribution in [0.5, 0.6) is 0 Å². The fourth-order valence-electron chi connectivity index (χ4n) is 4.16. The van der Waals surface area contributed by atoms with Crippen molar-refractivity contribution in [2.45, 2.75) is 39.2 Å². The van der Waals surface area contributed by atoms with Crippen LogP contribution in [0.4, 0.5) is 0 Å². The van der Waals surface area contributed by atoms with Crippen LogP contribution < -0.4 is 11.3 Å². The van der Waals surface area contributed by atoms with E-state index in [0.29, 0.717) is 27.8 Å². The highest BCUT2D eigenvalue weighted by Gasteiger charge is 2.23. The Hall–Kier alpha value is -3.27. The molecule has 1 aliphatic rings. The zero-order valence-electron chi connectivity index (χ0n) is 16.8. The first-order valence-corrected chi connectivity index (χ1v) is 10.5. The average Bonchev–Trinajstić information content (AvgIpc) is 3.37. The van der Waals surface area contributed by atoms with E-state index in [9.17, 15) is 9.59 Å². The first-order chi connectivity index (χ1) is 15.0. The van der Waals surface area contributed by atoms with E-state index in [2.05, 4.69) is 41.5 Å². The summed E-state index contributed by atoms with van der Waals surface area (Å²) in [6, 6.07) is 1.55. The van der Waals surface area contributed by atoms with Crippen LogP contribution in [0.1, 0.15) is 32.6 Å². The Kier molecular flexibility index (Phi) is 4.93. The second-order valence-electron chi connectivity index (χ2n) is 8.10. The predicted octanol–water partition coefficient (Wildman–Crippen LogP) is 3.00. The quantitative estimate of drug-likeness (QED) is 0.496. The third-order valence-electron chi connectivity index (χ3n) is 5.84. The number of imidazole rings is 1. The van der Waals surface area contributed by atoms with Crippen molar-refractivity contribution < 1.29 is 4.52 Å². The number of hydrogen-bond acceptors (Lipinski definition) is 7. The molecule has 0 aromatic carbocycles. The number of nitrogens with one attached hydrogen (secondary N) is 2. The van der Waals surface area contributed by atoms with E-state index in [0.717, 1.165) is 25.3 Å². The molecule has 0 aliphatic heterocycles. The Bertz CT molecular complexity index is 1360. The Morgan fingerprint density at radius 1 is 1.23 bits per heavy atom. The van der Waals surface area contributed by atoms with Crippen molar-refractivity contribution in [3.63, 3.8) is 0 Å². The van der Waals surface area contributed by atoms with E-state index in [1.165, 1.54) is 19.0 Å². The Balaban J connectivity index is 1.68. The normalized spacial score (nSPS) is 19.2. The van der Waals surface area contributed by atoms with Crippen molar-refractivity contribution in [1.82, 2.24) is 34.6 Å². The summed E-state index contributed by atoms with van der Waals surface area (Å²) in [5.74, 6) is 0.710.